The van der Waals surface area contributed by atoms with Gasteiger partial charge in [-0.1, -0.05) is 60.4 Å². The van der Waals surface area contributed by atoms with Gasteiger partial charge in [-0.05, 0) is 84.0 Å². The Bertz CT molecular complexity index is 970. The zero-order valence-corrected chi connectivity index (χ0v) is 24.2. The van der Waals surface area contributed by atoms with Gasteiger partial charge in [0, 0.05) is 24.3 Å². The maximum absolute atomic E-state index is 6.01. The van der Waals surface area contributed by atoms with Crippen molar-refractivity contribution in [2.24, 2.45) is 11.8 Å². The standard InChI is InChI=1S/C32H38O2Si2/c1-5-11-29(12-6-2)25-33-35-31-21-17-27(18-22-31)15-9-10-16-28-19-23-32(24-20-28)36-34-26-30(13-7-3)14-8-4/h5-8,17-24,29-30H,1-4,11-14,25-26,35-36H2. The minimum absolute atomic E-state index is 0.477. The van der Waals surface area contributed by atoms with Crippen LogP contribution in [0, 0.1) is 35.5 Å². The maximum atomic E-state index is 6.01. The van der Waals surface area contributed by atoms with Gasteiger partial charge in [-0.15, -0.1) is 26.3 Å². The van der Waals surface area contributed by atoms with Crippen LogP contribution in [0.3, 0.4) is 0 Å². The van der Waals surface area contributed by atoms with Crippen LogP contribution in [-0.2, 0) is 8.85 Å². The van der Waals surface area contributed by atoms with E-state index in [1.54, 1.807) is 0 Å². The molecule has 0 radical (unpaired) electrons. The number of benzene rings is 2. The van der Waals surface area contributed by atoms with Gasteiger partial charge >= 0.3 is 0 Å². The average molecular weight is 511 g/mol. The summed E-state index contributed by atoms with van der Waals surface area (Å²) < 4.78 is 12.0. The monoisotopic (exact) mass is 510 g/mol. The van der Waals surface area contributed by atoms with Crippen molar-refractivity contribution in [3.05, 3.63) is 110 Å². The van der Waals surface area contributed by atoms with Gasteiger partial charge in [-0.3, -0.25) is 0 Å². The van der Waals surface area contributed by atoms with E-state index < -0.39 is 19.5 Å². The van der Waals surface area contributed by atoms with E-state index in [0.29, 0.717) is 11.8 Å². The Morgan fingerprint density at radius 3 is 1.22 bits per heavy atom. The zero-order chi connectivity index (χ0) is 25.8. The highest BCUT2D eigenvalue weighted by Crippen LogP contribution is 2.10. The van der Waals surface area contributed by atoms with Gasteiger partial charge < -0.3 is 8.85 Å². The lowest BCUT2D eigenvalue weighted by atomic mass is 10.0. The summed E-state index contributed by atoms with van der Waals surface area (Å²) in [4.78, 5) is 0. The number of allylic oxidation sites excluding steroid dienone is 4. The van der Waals surface area contributed by atoms with Crippen LogP contribution in [0.5, 0.6) is 0 Å². The van der Waals surface area contributed by atoms with Crippen molar-refractivity contribution in [1.82, 2.24) is 0 Å². The third kappa shape index (κ3) is 12.0. The Hall–Kier alpha value is -3.13. The molecule has 0 saturated heterocycles. The van der Waals surface area contributed by atoms with Crippen molar-refractivity contribution < 1.29 is 8.85 Å². The van der Waals surface area contributed by atoms with Crippen LogP contribution in [0.1, 0.15) is 36.8 Å². The predicted molar refractivity (Wildman–Crippen MR) is 161 cm³/mol. The van der Waals surface area contributed by atoms with Gasteiger partial charge in [0.1, 0.15) is 0 Å². The highest BCUT2D eigenvalue weighted by molar-refractivity contribution is 6.47. The van der Waals surface area contributed by atoms with E-state index in [4.69, 9.17) is 8.85 Å². The Morgan fingerprint density at radius 2 is 0.917 bits per heavy atom. The molecule has 0 spiro atoms. The first-order valence-electron chi connectivity index (χ1n) is 12.5. The predicted octanol–water partition coefficient (Wildman–Crippen LogP) is 4.08. The fourth-order valence-corrected chi connectivity index (χ4v) is 5.90. The van der Waals surface area contributed by atoms with Crippen LogP contribution in [-0.4, -0.2) is 32.7 Å². The van der Waals surface area contributed by atoms with Gasteiger partial charge in [-0.25, -0.2) is 0 Å². The molecule has 186 valence electrons. The van der Waals surface area contributed by atoms with Gasteiger partial charge in [0.05, 0.1) is 0 Å². The van der Waals surface area contributed by atoms with Crippen molar-refractivity contribution in [2.45, 2.75) is 25.7 Å². The quantitative estimate of drug-likeness (QED) is 0.193. The van der Waals surface area contributed by atoms with E-state index in [1.165, 1.54) is 10.4 Å². The number of hydrogen-bond donors (Lipinski definition) is 0. The molecule has 0 unspecified atom stereocenters. The van der Waals surface area contributed by atoms with Crippen LogP contribution < -0.4 is 10.4 Å². The van der Waals surface area contributed by atoms with Crippen molar-refractivity contribution >= 4 is 29.9 Å². The molecule has 0 aliphatic carbocycles. The molecule has 0 fully saturated rings. The van der Waals surface area contributed by atoms with E-state index >= 15 is 0 Å². The summed E-state index contributed by atoms with van der Waals surface area (Å²) in [6, 6.07) is 16.6. The van der Waals surface area contributed by atoms with E-state index in [-0.39, 0.29) is 0 Å². The minimum Gasteiger partial charge on any atom is -0.418 e. The van der Waals surface area contributed by atoms with E-state index in [2.05, 4.69) is 74.3 Å². The fraction of sp³-hybridized carbons (Fsp3) is 0.250. The topological polar surface area (TPSA) is 18.5 Å². The summed E-state index contributed by atoms with van der Waals surface area (Å²) in [5, 5.41) is 2.54. The van der Waals surface area contributed by atoms with Gasteiger partial charge in [0.25, 0.3) is 0 Å². The molecule has 36 heavy (non-hydrogen) atoms. The highest BCUT2D eigenvalue weighted by atomic mass is 28.2. The maximum Gasteiger partial charge on any atom is 0.192 e. The first-order valence-corrected chi connectivity index (χ1v) is 15.0. The zero-order valence-electron chi connectivity index (χ0n) is 21.4. The van der Waals surface area contributed by atoms with Crippen molar-refractivity contribution in [3.63, 3.8) is 0 Å². The fourth-order valence-electron chi connectivity index (χ4n) is 3.67. The molecule has 0 atom stereocenters. The second-order valence-corrected chi connectivity index (χ2v) is 11.8. The van der Waals surface area contributed by atoms with Gasteiger partial charge in [-0.2, -0.15) is 0 Å². The highest BCUT2D eigenvalue weighted by Gasteiger charge is 2.06. The molecular formula is C32H38O2Si2. The number of rotatable bonds is 16. The minimum atomic E-state index is -0.740. The van der Waals surface area contributed by atoms with Gasteiger partial charge in [0.15, 0.2) is 19.5 Å². The van der Waals surface area contributed by atoms with Crippen molar-refractivity contribution in [1.29, 1.82) is 0 Å². The average Bonchev–Trinajstić information content (AvgIpc) is 2.89. The second-order valence-electron chi connectivity index (χ2n) is 8.75. The molecule has 2 nitrogen and oxygen atoms in total. The van der Waals surface area contributed by atoms with Crippen LogP contribution in [0.2, 0.25) is 0 Å². The lowest BCUT2D eigenvalue weighted by Crippen LogP contribution is -2.20. The molecule has 2 rings (SSSR count). The third-order valence-corrected chi connectivity index (χ3v) is 8.12. The molecule has 4 heteroatoms. The van der Waals surface area contributed by atoms with Crippen LogP contribution in [0.15, 0.2) is 99.2 Å². The smallest absolute Gasteiger partial charge is 0.192 e. The second kappa shape index (κ2) is 18.2. The molecule has 0 amide bonds. The summed E-state index contributed by atoms with van der Waals surface area (Å²) in [6.45, 7) is 16.8. The molecule has 0 saturated carbocycles. The molecule has 2 aromatic rings. The molecular weight excluding hydrogens is 473 g/mol. The SMILES string of the molecule is C=CCC(CC=C)CO[SiH2]c1ccc(C#CC#Cc2ccc([SiH2]OCC(CC=C)CC=C)cc2)cc1. The largest absolute Gasteiger partial charge is 0.418 e. The Morgan fingerprint density at radius 1 is 0.583 bits per heavy atom. The van der Waals surface area contributed by atoms with Crippen molar-refractivity contribution in [2.75, 3.05) is 13.2 Å². The first-order chi connectivity index (χ1) is 17.7. The molecule has 0 aromatic heterocycles. The number of hydrogen-bond acceptors (Lipinski definition) is 2. The Kier molecular flexibility index (Phi) is 14.7. The van der Waals surface area contributed by atoms with E-state index in [9.17, 15) is 0 Å². The van der Waals surface area contributed by atoms with Crippen LogP contribution in [0.25, 0.3) is 0 Å². The Balaban J connectivity index is 1.79. The summed E-state index contributed by atoms with van der Waals surface area (Å²) in [6.07, 6.45) is 11.7. The summed E-state index contributed by atoms with van der Waals surface area (Å²) in [5.74, 6) is 13.1. The van der Waals surface area contributed by atoms with E-state index in [1.807, 2.05) is 48.6 Å². The van der Waals surface area contributed by atoms with Crippen molar-refractivity contribution in [3.8, 4) is 23.7 Å². The summed E-state index contributed by atoms with van der Waals surface area (Å²) in [7, 11) is -1.48. The Labute approximate surface area is 223 Å². The lowest BCUT2D eigenvalue weighted by molar-refractivity contribution is 0.266. The lowest BCUT2D eigenvalue weighted by Gasteiger charge is -2.13. The van der Waals surface area contributed by atoms with Crippen LogP contribution in [0.4, 0.5) is 0 Å². The van der Waals surface area contributed by atoms with E-state index in [0.717, 1.165) is 50.0 Å². The molecule has 0 heterocycles. The third-order valence-electron chi connectivity index (χ3n) is 5.63. The normalized spacial score (nSPS) is 10.8. The van der Waals surface area contributed by atoms with Gasteiger partial charge in [0.2, 0.25) is 0 Å². The molecule has 0 aliphatic rings. The molecule has 0 aliphatic heterocycles. The summed E-state index contributed by atoms with van der Waals surface area (Å²) >= 11 is 0. The molecule has 2 aromatic carbocycles. The molecule has 0 N–H and O–H groups in total. The first kappa shape index (κ1) is 29.1. The molecule has 0 bridgehead atoms. The van der Waals surface area contributed by atoms with Crippen LogP contribution >= 0.6 is 0 Å². The summed E-state index contributed by atoms with van der Waals surface area (Å²) in [5.41, 5.74) is 1.92.